The summed E-state index contributed by atoms with van der Waals surface area (Å²) < 4.78 is 5.44. The molecule has 0 saturated carbocycles. The normalized spacial score (nSPS) is 17.9. The zero-order valence-corrected chi connectivity index (χ0v) is 13.7. The summed E-state index contributed by atoms with van der Waals surface area (Å²) in [6.45, 7) is 6.88. The second-order valence-electron chi connectivity index (χ2n) is 5.68. The van der Waals surface area contributed by atoms with E-state index < -0.39 is 0 Å². The first-order valence-electron chi connectivity index (χ1n) is 8.00. The van der Waals surface area contributed by atoms with E-state index in [1.165, 1.54) is 25.9 Å². The molecule has 1 aromatic rings. The van der Waals surface area contributed by atoms with Crippen molar-refractivity contribution in [2.24, 2.45) is 0 Å². The van der Waals surface area contributed by atoms with E-state index in [-0.39, 0.29) is 11.6 Å². The van der Waals surface area contributed by atoms with Crippen molar-refractivity contribution in [2.45, 2.75) is 51.1 Å². The van der Waals surface area contributed by atoms with Crippen molar-refractivity contribution >= 4 is 0 Å². The van der Waals surface area contributed by atoms with Gasteiger partial charge < -0.3 is 10.1 Å². The smallest absolute Gasteiger partial charge is 0.237 e. The molecule has 1 aromatic heterocycles. The molecule has 1 N–H and O–H groups in total. The predicted molar refractivity (Wildman–Crippen MR) is 84.5 cm³/mol. The molecule has 2 rings (SSSR count). The third kappa shape index (κ3) is 2.90. The van der Waals surface area contributed by atoms with Gasteiger partial charge in [0.1, 0.15) is 5.69 Å². The lowest BCUT2D eigenvalue weighted by molar-refractivity contribution is 0.0617. The van der Waals surface area contributed by atoms with E-state index in [9.17, 15) is 0 Å². The summed E-state index contributed by atoms with van der Waals surface area (Å²) in [6.07, 6.45) is 8.17. The van der Waals surface area contributed by atoms with E-state index in [0.717, 1.165) is 18.5 Å². The van der Waals surface area contributed by atoms with Crippen LogP contribution in [0.15, 0.2) is 12.4 Å². The lowest BCUT2D eigenvalue weighted by Gasteiger charge is -2.46. The standard InChI is InChI=1S/C16H28N4O/c1-5-16(6-2,20-11-7-8-12-20)14(17-3)13-15(21-4)19-10-9-18-13/h9-10,14,17H,5-8,11-12H2,1-4H3. The van der Waals surface area contributed by atoms with Gasteiger partial charge in [0.2, 0.25) is 5.88 Å². The monoisotopic (exact) mass is 292 g/mol. The second-order valence-corrected chi connectivity index (χ2v) is 5.68. The highest BCUT2D eigenvalue weighted by molar-refractivity contribution is 5.25. The zero-order chi connectivity index (χ0) is 15.3. The van der Waals surface area contributed by atoms with Crippen LogP contribution in [0.4, 0.5) is 0 Å². The minimum absolute atomic E-state index is 0.0641. The van der Waals surface area contributed by atoms with Gasteiger partial charge in [0.25, 0.3) is 0 Å². The van der Waals surface area contributed by atoms with Crippen molar-refractivity contribution in [3.05, 3.63) is 18.1 Å². The Morgan fingerprint density at radius 2 is 1.86 bits per heavy atom. The fraction of sp³-hybridized carbons (Fsp3) is 0.750. The van der Waals surface area contributed by atoms with Gasteiger partial charge in [-0.05, 0) is 45.8 Å². The number of hydrogen-bond acceptors (Lipinski definition) is 5. The van der Waals surface area contributed by atoms with Crippen LogP contribution in [-0.4, -0.2) is 47.7 Å². The Balaban J connectivity index is 2.44. The number of methoxy groups -OCH3 is 1. The third-order valence-corrected chi connectivity index (χ3v) is 4.94. The molecule has 118 valence electrons. The van der Waals surface area contributed by atoms with Crippen molar-refractivity contribution in [3.63, 3.8) is 0 Å². The van der Waals surface area contributed by atoms with E-state index in [2.05, 4.69) is 34.0 Å². The van der Waals surface area contributed by atoms with E-state index in [4.69, 9.17) is 4.74 Å². The lowest BCUT2D eigenvalue weighted by Crippen LogP contribution is -2.54. The Morgan fingerprint density at radius 3 is 2.38 bits per heavy atom. The van der Waals surface area contributed by atoms with Gasteiger partial charge in [-0.15, -0.1) is 0 Å². The number of aromatic nitrogens is 2. The molecule has 0 aliphatic carbocycles. The summed E-state index contributed by atoms with van der Waals surface area (Å²) in [7, 11) is 3.67. The van der Waals surface area contributed by atoms with E-state index in [1.54, 1.807) is 19.5 Å². The van der Waals surface area contributed by atoms with Crippen molar-refractivity contribution in [1.29, 1.82) is 0 Å². The second kappa shape index (κ2) is 7.18. The number of nitrogens with one attached hydrogen (secondary N) is 1. The fourth-order valence-electron chi connectivity index (χ4n) is 3.80. The summed E-state index contributed by atoms with van der Waals surface area (Å²) in [4.78, 5) is 11.5. The Morgan fingerprint density at radius 1 is 1.24 bits per heavy atom. The lowest BCUT2D eigenvalue weighted by atomic mass is 9.81. The number of hydrogen-bond donors (Lipinski definition) is 1. The molecule has 1 aliphatic heterocycles. The maximum atomic E-state index is 5.44. The molecule has 1 saturated heterocycles. The van der Waals surface area contributed by atoms with Crippen LogP contribution < -0.4 is 10.1 Å². The molecule has 0 spiro atoms. The molecular formula is C16H28N4O. The molecule has 1 unspecified atom stereocenters. The molecule has 5 heteroatoms. The van der Waals surface area contributed by atoms with Gasteiger partial charge >= 0.3 is 0 Å². The number of likely N-dealkylation sites (N-methyl/N-ethyl adjacent to an activating group) is 1. The quantitative estimate of drug-likeness (QED) is 0.836. The Labute approximate surface area is 128 Å². The van der Waals surface area contributed by atoms with Crippen LogP contribution in [-0.2, 0) is 0 Å². The van der Waals surface area contributed by atoms with Crippen LogP contribution in [0.25, 0.3) is 0 Å². The average Bonchev–Trinajstić information content (AvgIpc) is 3.07. The maximum Gasteiger partial charge on any atom is 0.237 e. The SMILES string of the molecule is CCC(CC)(C(NC)c1nccnc1OC)N1CCCC1. The van der Waals surface area contributed by atoms with E-state index >= 15 is 0 Å². The van der Waals surface area contributed by atoms with Crippen molar-refractivity contribution in [2.75, 3.05) is 27.2 Å². The molecule has 0 amide bonds. The predicted octanol–water partition coefficient (Wildman–Crippen LogP) is 2.40. The highest BCUT2D eigenvalue weighted by Crippen LogP contribution is 2.40. The van der Waals surface area contributed by atoms with Gasteiger partial charge in [-0.2, -0.15) is 0 Å². The summed E-state index contributed by atoms with van der Waals surface area (Å²) in [5.74, 6) is 0.627. The van der Waals surface area contributed by atoms with E-state index in [1.807, 2.05) is 7.05 Å². The van der Waals surface area contributed by atoms with Gasteiger partial charge in [0, 0.05) is 17.9 Å². The van der Waals surface area contributed by atoms with Crippen LogP contribution in [0.2, 0.25) is 0 Å². The molecule has 2 heterocycles. The molecular weight excluding hydrogens is 264 g/mol. The number of nitrogens with zero attached hydrogens (tertiary/aromatic N) is 3. The first kappa shape index (κ1) is 16.2. The Hall–Kier alpha value is -1.20. The van der Waals surface area contributed by atoms with Crippen molar-refractivity contribution in [1.82, 2.24) is 20.2 Å². The summed E-state index contributed by atoms with van der Waals surface area (Å²) in [6, 6.07) is 0.120. The minimum atomic E-state index is 0.0641. The molecule has 21 heavy (non-hydrogen) atoms. The van der Waals surface area contributed by atoms with Gasteiger partial charge in [0.15, 0.2) is 0 Å². The van der Waals surface area contributed by atoms with Crippen LogP contribution in [0, 0.1) is 0 Å². The topological polar surface area (TPSA) is 50.3 Å². The summed E-state index contributed by atoms with van der Waals surface area (Å²) >= 11 is 0. The van der Waals surface area contributed by atoms with Gasteiger partial charge in [-0.1, -0.05) is 13.8 Å². The first-order chi connectivity index (χ1) is 10.2. The van der Waals surface area contributed by atoms with Gasteiger partial charge in [-0.3, -0.25) is 9.88 Å². The molecule has 1 atom stereocenters. The molecule has 0 bridgehead atoms. The number of likely N-dealkylation sites (tertiary alicyclic amines) is 1. The highest BCUT2D eigenvalue weighted by atomic mass is 16.5. The van der Waals surface area contributed by atoms with Gasteiger partial charge in [-0.25, -0.2) is 4.98 Å². The average molecular weight is 292 g/mol. The summed E-state index contributed by atoms with van der Waals surface area (Å²) in [5, 5.41) is 3.49. The maximum absolute atomic E-state index is 5.44. The van der Waals surface area contributed by atoms with Crippen molar-refractivity contribution in [3.8, 4) is 5.88 Å². The molecule has 0 radical (unpaired) electrons. The Kier molecular flexibility index (Phi) is 5.53. The number of ether oxygens (including phenoxy) is 1. The third-order valence-electron chi connectivity index (χ3n) is 4.94. The van der Waals surface area contributed by atoms with E-state index in [0.29, 0.717) is 5.88 Å². The van der Waals surface area contributed by atoms with Crippen LogP contribution >= 0.6 is 0 Å². The molecule has 5 nitrogen and oxygen atoms in total. The van der Waals surface area contributed by atoms with Crippen LogP contribution in [0.3, 0.4) is 0 Å². The van der Waals surface area contributed by atoms with Gasteiger partial charge in [0.05, 0.1) is 13.2 Å². The highest BCUT2D eigenvalue weighted by Gasteiger charge is 2.44. The number of rotatable bonds is 7. The van der Waals surface area contributed by atoms with Crippen LogP contribution in [0.5, 0.6) is 5.88 Å². The fourth-order valence-corrected chi connectivity index (χ4v) is 3.80. The zero-order valence-electron chi connectivity index (χ0n) is 13.7. The van der Waals surface area contributed by atoms with Crippen LogP contribution in [0.1, 0.15) is 51.3 Å². The minimum Gasteiger partial charge on any atom is -0.480 e. The molecule has 0 aromatic carbocycles. The largest absolute Gasteiger partial charge is 0.480 e. The van der Waals surface area contributed by atoms with Crippen molar-refractivity contribution < 1.29 is 4.74 Å². The summed E-state index contributed by atoms with van der Waals surface area (Å²) in [5.41, 5.74) is 0.979. The molecule has 1 fully saturated rings. The first-order valence-corrected chi connectivity index (χ1v) is 8.00. The molecule has 1 aliphatic rings. The Bertz CT molecular complexity index is 442.